The smallest absolute Gasteiger partial charge is 0.185 e. The molecule has 3 aromatic rings. The van der Waals surface area contributed by atoms with Crippen LogP contribution in [0.25, 0.3) is 22.0 Å². The summed E-state index contributed by atoms with van der Waals surface area (Å²) in [5.74, 6) is 0.913. The van der Waals surface area contributed by atoms with Crippen molar-refractivity contribution in [3.05, 3.63) is 35.5 Å². The Balaban J connectivity index is 1.25. The summed E-state index contributed by atoms with van der Waals surface area (Å²) in [5.41, 5.74) is 1.51. The van der Waals surface area contributed by atoms with Crippen molar-refractivity contribution >= 4 is 17.2 Å². The molecule has 4 heterocycles. The van der Waals surface area contributed by atoms with E-state index in [-0.39, 0.29) is 23.9 Å². The Labute approximate surface area is 200 Å². The van der Waals surface area contributed by atoms with Crippen LogP contribution in [0.15, 0.2) is 29.8 Å². The van der Waals surface area contributed by atoms with E-state index in [0.717, 1.165) is 38.5 Å². The third kappa shape index (κ3) is 3.89. The first-order valence-electron chi connectivity index (χ1n) is 11.7. The summed E-state index contributed by atoms with van der Waals surface area (Å²) in [6, 6.07) is 7.47. The molecule has 8 nitrogen and oxygen atoms in total. The van der Waals surface area contributed by atoms with Crippen LogP contribution in [0, 0.1) is 11.3 Å². The number of nitriles is 1. The lowest BCUT2D eigenvalue weighted by atomic mass is 9.82. The summed E-state index contributed by atoms with van der Waals surface area (Å²) in [5, 5.41) is 34.1. The molecule has 6 rings (SSSR count). The van der Waals surface area contributed by atoms with E-state index < -0.39 is 6.17 Å². The van der Waals surface area contributed by atoms with Crippen LogP contribution in [0.3, 0.4) is 0 Å². The zero-order valence-electron chi connectivity index (χ0n) is 18.4. The minimum absolute atomic E-state index is 0.00908. The second kappa shape index (κ2) is 8.56. The highest BCUT2D eigenvalue weighted by Gasteiger charge is 2.46. The molecular formula is C24H24FN7OS. The number of thiazole rings is 1. The van der Waals surface area contributed by atoms with Gasteiger partial charge in [0.15, 0.2) is 17.3 Å². The van der Waals surface area contributed by atoms with Crippen molar-refractivity contribution in [3.8, 4) is 33.8 Å². The van der Waals surface area contributed by atoms with Crippen LogP contribution in [0.2, 0.25) is 0 Å². The molecule has 0 amide bonds. The Morgan fingerprint density at radius 2 is 2.09 bits per heavy atom. The standard InChI is InChI=1S/C24H24FN7OS/c25-22-18-3-1-2-14(28-18)9-19(22)32(16-5-6-16)21-11-27-23(31-30-21)17-7-4-13(8-20(17)33)24-29-15(10-26)12-34-24/h4,7-8,11-12,14,16,18-19,22,28,33H,1-3,5-6,9H2/t14-,18+,19+,22-/m0/s1. The molecule has 2 aromatic heterocycles. The van der Waals surface area contributed by atoms with Crippen molar-refractivity contribution in [2.24, 2.45) is 0 Å². The molecule has 3 fully saturated rings. The van der Waals surface area contributed by atoms with Gasteiger partial charge >= 0.3 is 0 Å². The summed E-state index contributed by atoms with van der Waals surface area (Å²) in [4.78, 5) is 10.8. The number of fused-ring (bicyclic) bond motifs is 2. The number of halogens is 1. The lowest BCUT2D eigenvalue weighted by molar-refractivity contribution is 0.104. The summed E-state index contributed by atoms with van der Waals surface area (Å²) < 4.78 is 15.4. The van der Waals surface area contributed by atoms with Crippen molar-refractivity contribution in [2.75, 3.05) is 4.90 Å². The van der Waals surface area contributed by atoms with E-state index in [1.54, 1.807) is 23.7 Å². The molecule has 3 aliphatic rings. The van der Waals surface area contributed by atoms with E-state index >= 15 is 4.39 Å². The van der Waals surface area contributed by atoms with Crippen LogP contribution in [-0.4, -0.2) is 55.6 Å². The molecule has 0 spiro atoms. The molecule has 2 saturated heterocycles. The number of piperidine rings is 2. The first-order chi connectivity index (χ1) is 16.6. The average Bonchev–Trinajstić information content (AvgIpc) is 3.57. The minimum atomic E-state index is -0.942. The fraction of sp³-hybridized carbons (Fsp3) is 0.458. The van der Waals surface area contributed by atoms with Crippen molar-refractivity contribution in [2.45, 2.75) is 68.9 Å². The SMILES string of the molecule is N#Cc1csc(-c2ccc(-c3ncc(N(C4CC4)[C@@H]4C[C@@H]5CCC[C@@H](N5)[C@@H]4F)nn3)c(O)c2)n1. The molecule has 4 atom stereocenters. The number of aromatic nitrogens is 4. The molecular weight excluding hydrogens is 453 g/mol. The Morgan fingerprint density at radius 1 is 1.21 bits per heavy atom. The Hall–Kier alpha value is -3.16. The summed E-state index contributed by atoms with van der Waals surface area (Å²) >= 11 is 1.34. The van der Waals surface area contributed by atoms with Gasteiger partial charge in [-0.25, -0.2) is 14.4 Å². The predicted molar refractivity (Wildman–Crippen MR) is 126 cm³/mol. The zero-order valence-corrected chi connectivity index (χ0v) is 19.2. The monoisotopic (exact) mass is 477 g/mol. The highest BCUT2D eigenvalue weighted by molar-refractivity contribution is 7.13. The van der Waals surface area contributed by atoms with Gasteiger partial charge in [0.2, 0.25) is 0 Å². The highest BCUT2D eigenvalue weighted by atomic mass is 32.1. The Kier molecular flexibility index (Phi) is 5.38. The topological polar surface area (TPSA) is 111 Å². The number of phenols is 1. The van der Waals surface area contributed by atoms with E-state index in [0.29, 0.717) is 39.5 Å². The first-order valence-corrected chi connectivity index (χ1v) is 12.6. The Bertz CT molecular complexity index is 1240. The number of hydrogen-bond acceptors (Lipinski definition) is 9. The maximum atomic E-state index is 15.4. The second-order valence-electron chi connectivity index (χ2n) is 9.31. The lowest BCUT2D eigenvalue weighted by Gasteiger charge is -2.47. The molecule has 1 aliphatic carbocycles. The predicted octanol–water partition coefficient (Wildman–Crippen LogP) is 3.83. The normalized spacial score (nSPS) is 26.1. The number of anilines is 1. The summed E-state index contributed by atoms with van der Waals surface area (Å²) in [6.45, 7) is 0. The molecule has 10 heteroatoms. The number of benzene rings is 1. The van der Waals surface area contributed by atoms with Gasteiger partial charge in [0, 0.05) is 29.1 Å². The first kappa shape index (κ1) is 21.4. The number of rotatable bonds is 5. The van der Waals surface area contributed by atoms with Gasteiger partial charge in [0.25, 0.3) is 0 Å². The quantitative estimate of drug-likeness (QED) is 0.570. The number of hydrogen-bond donors (Lipinski definition) is 2. The zero-order chi connectivity index (χ0) is 23.2. The van der Waals surface area contributed by atoms with Gasteiger partial charge in [-0.2, -0.15) is 5.26 Å². The van der Waals surface area contributed by atoms with E-state index in [2.05, 4.69) is 30.4 Å². The van der Waals surface area contributed by atoms with Crippen LogP contribution >= 0.6 is 11.3 Å². The van der Waals surface area contributed by atoms with E-state index in [1.165, 1.54) is 11.3 Å². The van der Waals surface area contributed by atoms with Crippen LogP contribution in [0.1, 0.15) is 44.2 Å². The average molecular weight is 478 g/mol. The number of aromatic hydroxyl groups is 1. The lowest BCUT2D eigenvalue weighted by Crippen LogP contribution is -2.62. The summed E-state index contributed by atoms with van der Waals surface area (Å²) in [6.07, 6.45) is 6.59. The van der Waals surface area contributed by atoms with Crippen LogP contribution in [0.4, 0.5) is 10.2 Å². The van der Waals surface area contributed by atoms with Crippen LogP contribution < -0.4 is 10.2 Å². The molecule has 2 N–H and O–H groups in total. The fourth-order valence-electron chi connectivity index (χ4n) is 5.25. The molecule has 2 aliphatic heterocycles. The number of nitrogens with zero attached hydrogens (tertiary/aromatic N) is 6. The molecule has 2 bridgehead atoms. The largest absolute Gasteiger partial charge is 0.507 e. The maximum Gasteiger partial charge on any atom is 0.185 e. The minimum Gasteiger partial charge on any atom is -0.507 e. The second-order valence-corrected chi connectivity index (χ2v) is 10.2. The van der Waals surface area contributed by atoms with Gasteiger partial charge in [-0.05, 0) is 44.2 Å². The van der Waals surface area contributed by atoms with Gasteiger partial charge in [0.1, 0.15) is 23.0 Å². The highest BCUT2D eigenvalue weighted by Crippen LogP contribution is 2.39. The van der Waals surface area contributed by atoms with E-state index in [9.17, 15) is 5.11 Å². The van der Waals surface area contributed by atoms with Gasteiger partial charge in [-0.15, -0.1) is 21.5 Å². The third-order valence-corrected chi connectivity index (χ3v) is 7.90. The molecule has 1 saturated carbocycles. The third-order valence-electron chi connectivity index (χ3n) is 7.01. The number of nitrogens with one attached hydrogen (secondary N) is 1. The summed E-state index contributed by atoms with van der Waals surface area (Å²) in [7, 11) is 0. The van der Waals surface area contributed by atoms with Gasteiger partial charge in [-0.3, -0.25) is 0 Å². The van der Waals surface area contributed by atoms with Crippen LogP contribution in [-0.2, 0) is 0 Å². The van der Waals surface area contributed by atoms with E-state index in [1.807, 2.05) is 12.1 Å². The molecule has 1 aromatic carbocycles. The number of alkyl halides is 1. The van der Waals surface area contributed by atoms with Gasteiger partial charge in [-0.1, -0.05) is 12.5 Å². The molecule has 0 radical (unpaired) electrons. The van der Waals surface area contributed by atoms with E-state index in [4.69, 9.17) is 5.26 Å². The maximum absolute atomic E-state index is 15.4. The van der Waals surface area contributed by atoms with Crippen molar-refractivity contribution in [1.29, 1.82) is 5.26 Å². The number of phenolic OH excluding ortho intramolecular Hbond substituents is 1. The van der Waals surface area contributed by atoms with Gasteiger partial charge < -0.3 is 15.3 Å². The molecule has 34 heavy (non-hydrogen) atoms. The molecule has 174 valence electrons. The van der Waals surface area contributed by atoms with Crippen molar-refractivity contribution in [1.82, 2.24) is 25.5 Å². The van der Waals surface area contributed by atoms with Crippen LogP contribution in [0.5, 0.6) is 5.75 Å². The molecule has 0 unspecified atom stereocenters. The van der Waals surface area contributed by atoms with Gasteiger partial charge in [0.05, 0.1) is 17.8 Å². The Morgan fingerprint density at radius 3 is 2.79 bits per heavy atom. The fourth-order valence-corrected chi connectivity index (χ4v) is 5.99. The van der Waals surface area contributed by atoms with Crippen molar-refractivity contribution < 1.29 is 9.50 Å². The van der Waals surface area contributed by atoms with Crippen molar-refractivity contribution in [3.63, 3.8) is 0 Å².